The molecule has 3 rings (SSSR count). The summed E-state index contributed by atoms with van der Waals surface area (Å²) >= 11 is 6.39. The van der Waals surface area contributed by atoms with Gasteiger partial charge in [0.1, 0.15) is 12.2 Å². The molecule has 0 saturated carbocycles. The molecule has 4 amide bonds. The van der Waals surface area contributed by atoms with Crippen LogP contribution in [-0.2, 0) is 16.0 Å². The second-order valence-electron chi connectivity index (χ2n) is 7.87. The van der Waals surface area contributed by atoms with E-state index in [4.69, 9.17) is 21.1 Å². The average molecular weight is 486 g/mol. The smallest absolute Gasteiger partial charge is 0.329 e. The van der Waals surface area contributed by atoms with E-state index in [1.165, 1.54) is 6.08 Å². The fourth-order valence-electron chi connectivity index (χ4n) is 3.45. The highest BCUT2D eigenvalue weighted by atomic mass is 35.5. The molecule has 0 bridgehead atoms. The Morgan fingerprint density at radius 3 is 2.62 bits per heavy atom. The van der Waals surface area contributed by atoms with Crippen molar-refractivity contribution < 1.29 is 23.9 Å². The first-order valence-electron chi connectivity index (χ1n) is 11.1. The number of para-hydroxylation sites is 1. The van der Waals surface area contributed by atoms with E-state index < -0.39 is 24.4 Å². The van der Waals surface area contributed by atoms with E-state index in [1.54, 1.807) is 18.2 Å². The summed E-state index contributed by atoms with van der Waals surface area (Å²) in [5.74, 6) is -0.241. The molecular weight excluding hydrogens is 458 g/mol. The maximum atomic E-state index is 12.8. The van der Waals surface area contributed by atoms with Crippen LogP contribution in [0.1, 0.15) is 38.8 Å². The van der Waals surface area contributed by atoms with E-state index in [-0.39, 0.29) is 11.8 Å². The number of amides is 4. The lowest BCUT2D eigenvalue weighted by Gasteiger charge is -2.16. The van der Waals surface area contributed by atoms with Gasteiger partial charge >= 0.3 is 6.03 Å². The Morgan fingerprint density at radius 2 is 1.94 bits per heavy atom. The monoisotopic (exact) mass is 485 g/mol. The van der Waals surface area contributed by atoms with Crippen molar-refractivity contribution >= 4 is 41.2 Å². The van der Waals surface area contributed by atoms with Crippen molar-refractivity contribution in [2.24, 2.45) is 0 Å². The Bertz CT molecular complexity index is 1130. The summed E-state index contributed by atoms with van der Waals surface area (Å²) in [6.07, 6.45) is 2.11. The summed E-state index contributed by atoms with van der Waals surface area (Å²) in [6.45, 7) is 7.54. The highest BCUT2D eigenvalue weighted by Gasteiger charge is 2.35. The van der Waals surface area contributed by atoms with Gasteiger partial charge in [-0.3, -0.25) is 9.59 Å². The van der Waals surface area contributed by atoms with Gasteiger partial charge in [-0.25, -0.2) is 9.69 Å². The van der Waals surface area contributed by atoms with Gasteiger partial charge < -0.3 is 20.1 Å². The molecule has 1 aliphatic heterocycles. The Hall–Kier alpha value is -3.52. The van der Waals surface area contributed by atoms with Gasteiger partial charge in [-0.05, 0) is 62.6 Å². The molecule has 0 unspecified atom stereocenters. The van der Waals surface area contributed by atoms with Crippen molar-refractivity contribution in [2.75, 3.05) is 18.5 Å². The van der Waals surface area contributed by atoms with E-state index in [1.807, 2.05) is 45.9 Å². The number of benzene rings is 2. The molecule has 0 radical (unpaired) electrons. The first-order valence-corrected chi connectivity index (χ1v) is 11.5. The van der Waals surface area contributed by atoms with Crippen molar-refractivity contribution in [1.29, 1.82) is 0 Å². The number of rotatable bonds is 9. The molecule has 2 aromatic carbocycles. The molecule has 1 fully saturated rings. The Morgan fingerprint density at radius 1 is 1.21 bits per heavy atom. The first kappa shape index (κ1) is 25.1. The van der Waals surface area contributed by atoms with Crippen molar-refractivity contribution in [3.63, 3.8) is 0 Å². The van der Waals surface area contributed by atoms with Crippen LogP contribution in [0.3, 0.4) is 0 Å². The Kier molecular flexibility index (Phi) is 8.17. The number of hydrogen-bond acceptors (Lipinski definition) is 5. The SMILES string of the molecule is CCOc1cc(/C=C2/NC(=O)N(CC(=O)Nc3ccccc3CC)C2=O)cc(Cl)c1OC(C)C. The molecule has 0 spiro atoms. The van der Waals surface area contributed by atoms with E-state index in [0.717, 1.165) is 16.9 Å². The molecule has 1 saturated heterocycles. The van der Waals surface area contributed by atoms with Gasteiger partial charge in [-0.15, -0.1) is 0 Å². The van der Waals surface area contributed by atoms with Crippen LogP contribution in [0.5, 0.6) is 11.5 Å². The number of nitrogens with one attached hydrogen (secondary N) is 2. The minimum Gasteiger partial charge on any atom is -0.490 e. The number of nitrogens with zero attached hydrogens (tertiary/aromatic N) is 1. The lowest BCUT2D eigenvalue weighted by Crippen LogP contribution is -2.38. The summed E-state index contributed by atoms with van der Waals surface area (Å²) in [6, 6.07) is 9.99. The molecule has 34 heavy (non-hydrogen) atoms. The number of halogens is 1. The summed E-state index contributed by atoms with van der Waals surface area (Å²) in [5.41, 5.74) is 2.18. The summed E-state index contributed by atoms with van der Waals surface area (Å²) in [5, 5.41) is 5.59. The largest absolute Gasteiger partial charge is 0.490 e. The zero-order valence-electron chi connectivity index (χ0n) is 19.6. The minimum atomic E-state index is -0.675. The van der Waals surface area contributed by atoms with Crippen LogP contribution in [0, 0.1) is 0 Å². The highest BCUT2D eigenvalue weighted by Crippen LogP contribution is 2.38. The number of anilines is 1. The van der Waals surface area contributed by atoms with Crippen molar-refractivity contribution in [1.82, 2.24) is 10.2 Å². The maximum Gasteiger partial charge on any atom is 0.329 e. The second kappa shape index (κ2) is 11.1. The normalized spacial score (nSPS) is 14.5. The third-order valence-electron chi connectivity index (χ3n) is 4.93. The molecular formula is C25H28ClN3O5. The fraction of sp³-hybridized carbons (Fsp3) is 0.320. The first-order chi connectivity index (χ1) is 16.2. The lowest BCUT2D eigenvalue weighted by molar-refractivity contribution is -0.127. The Balaban J connectivity index is 1.78. The number of urea groups is 1. The molecule has 0 aliphatic carbocycles. The molecule has 1 heterocycles. The molecule has 0 aromatic heterocycles. The zero-order chi connectivity index (χ0) is 24.8. The van der Waals surface area contributed by atoms with Crippen molar-refractivity contribution in [3.8, 4) is 11.5 Å². The molecule has 0 atom stereocenters. The van der Waals surface area contributed by atoms with Crippen LogP contribution in [0.2, 0.25) is 5.02 Å². The van der Waals surface area contributed by atoms with Crippen LogP contribution in [0.15, 0.2) is 42.1 Å². The summed E-state index contributed by atoms with van der Waals surface area (Å²) in [7, 11) is 0. The quantitative estimate of drug-likeness (QED) is 0.399. The maximum absolute atomic E-state index is 12.8. The van der Waals surface area contributed by atoms with Gasteiger partial charge in [-0.1, -0.05) is 36.7 Å². The lowest BCUT2D eigenvalue weighted by atomic mass is 10.1. The Labute approximate surface area is 203 Å². The number of hydrogen-bond donors (Lipinski definition) is 2. The van der Waals surface area contributed by atoms with Gasteiger partial charge in [0.25, 0.3) is 5.91 Å². The van der Waals surface area contributed by atoms with Crippen LogP contribution in [0.4, 0.5) is 10.5 Å². The van der Waals surface area contributed by atoms with Gasteiger partial charge in [-0.2, -0.15) is 0 Å². The fourth-order valence-corrected chi connectivity index (χ4v) is 3.71. The predicted octanol–water partition coefficient (Wildman–Crippen LogP) is 4.62. The topological polar surface area (TPSA) is 97.0 Å². The highest BCUT2D eigenvalue weighted by molar-refractivity contribution is 6.32. The van der Waals surface area contributed by atoms with E-state index in [9.17, 15) is 14.4 Å². The second-order valence-corrected chi connectivity index (χ2v) is 8.28. The number of ether oxygens (including phenoxy) is 2. The molecule has 180 valence electrons. The predicted molar refractivity (Wildman–Crippen MR) is 131 cm³/mol. The third kappa shape index (κ3) is 5.88. The molecule has 2 aromatic rings. The van der Waals surface area contributed by atoms with Gasteiger partial charge in [0.05, 0.1) is 17.7 Å². The zero-order valence-corrected chi connectivity index (χ0v) is 20.4. The molecule has 8 nitrogen and oxygen atoms in total. The van der Waals surface area contributed by atoms with E-state index in [2.05, 4.69) is 10.6 Å². The minimum absolute atomic E-state index is 0.0304. The third-order valence-corrected chi connectivity index (χ3v) is 5.21. The number of aryl methyl sites for hydroxylation is 1. The van der Waals surface area contributed by atoms with Crippen LogP contribution in [-0.4, -0.2) is 42.0 Å². The van der Waals surface area contributed by atoms with Crippen molar-refractivity contribution in [2.45, 2.75) is 40.2 Å². The average Bonchev–Trinajstić information content (AvgIpc) is 3.03. The summed E-state index contributed by atoms with van der Waals surface area (Å²) in [4.78, 5) is 38.6. The number of carbonyl (C=O) groups excluding carboxylic acids is 3. The number of imide groups is 1. The standard InChI is InChI=1S/C25H28ClN3O5/c1-5-17-9-7-8-10-19(17)27-22(30)14-29-24(31)20(28-25(29)32)12-16-11-18(26)23(34-15(3)4)21(13-16)33-6-2/h7-13,15H,5-6,14H2,1-4H3,(H,27,30)(H,28,32)/b20-12+. The van der Waals surface area contributed by atoms with Crippen molar-refractivity contribution in [3.05, 3.63) is 58.2 Å². The van der Waals surface area contributed by atoms with Crippen LogP contribution < -0.4 is 20.1 Å². The van der Waals surface area contributed by atoms with Gasteiger partial charge in [0.2, 0.25) is 5.91 Å². The van der Waals surface area contributed by atoms with E-state index in [0.29, 0.717) is 34.4 Å². The van der Waals surface area contributed by atoms with Gasteiger partial charge in [0.15, 0.2) is 11.5 Å². The summed E-state index contributed by atoms with van der Waals surface area (Å²) < 4.78 is 11.4. The molecule has 9 heteroatoms. The van der Waals surface area contributed by atoms with E-state index >= 15 is 0 Å². The van der Waals surface area contributed by atoms with Crippen LogP contribution >= 0.6 is 11.6 Å². The van der Waals surface area contributed by atoms with Gasteiger partial charge in [0, 0.05) is 5.69 Å². The number of carbonyl (C=O) groups is 3. The molecule has 2 N–H and O–H groups in total. The molecule has 1 aliphatic rings. The van der Waals surface area contributed by atoms with Crippen LogP contribution in [0.25, 0.3) is 6.08 Å².